The third-order valence-corrected chi connectivity index (χ3v) is 5.30. The van der Waals surface area contributed by atoms with Gasteiger partial charge in [-0.3, -0.25) is 9.48 Å². The highest BCUT2D eigenvalue weighted by Crippen LogP contribution is 2.34. The number of benzene rings is 2. The van der Waals surface area contributed by atoms with Crippen LogP contribution in [0, 0.1) is 0 Å². The lowest BCUT2D eigenvalue weighted by atomic mass is 10.0. The van der Waals surface area contributed by atoms with Crippen molar-refractivity contribution in [2.75, 3.05) is 33.5 Å². The number of carbonyl (C=O) groups is 1. The Labute approximate surface area is 187 Å². The first-order valence-corrected chi connectivity index (χ1v) is 10.5. The zero-order valence-corrected chi connectivity index (χ0v) is 18.5. The minimum atomic E-state index is -0.869. The van der Waals surface area contributed by atoms with E-state index >= 15 is 0 Å². The molecular weight excluding hydrogens is 410 g/mol. The van der Waals surface area contributed by atoms with E-state index in [2.05, 4.69) is 10.4 Å². The molecular formula is C24H27N3O5. The van der Waals surface area contributed by atoms with Gasteiger partial charge in [0.15, 0.2) is 11.5 Å². The summed E-state index contributed by atoms with van der Waals surface area (Å²) in [4.78, 5) is 12.8. The van der Waals surface area contributed by atoms with Gasteiger partial charge in [0.2, 0.25) is 5.91 Å². The molecule has 3 aromatic rings. The molecule has 32 heavy (non-hydrogen) atoms. The maximum absolute atomic E-state index is 12.8. The van der Waals surface area contributed by atoms with E-state index in [0.29, 0.717) is 26.4 Å². The van der Waals surface area contributed by atoms with Gasteiger partial charge in [0.1, 0.15) is 36.9 Å². The summed E-state index contributed by atoms with van der Waals surface area (Å²) < 4.78 is 23.7. The Morgan fingerprint density at radius 1 is 1.06 bits per heavy atom. The molecule has 0 atom stereocenters. The molecule has 0 bridgehead atoms. The Morgan fingerprint density at radius 2 is 1.78 bits per heavy atom. The molecule has 1 amide bonds. The molecule has 0 aliphatic carbocycles. The van der Waals surface area contributed by atoms with Crippen LogP contribution in [0.3, 0.4) is 0 Å². The van der Waals surface area contributed by atoms with Crippen molar-refractivity contribution >= 4 is 5.91 Å². The van der Waals surface area contributed by atoms with Crippen molar-refractivity contribution in [3.05, 3.63) is 54.9 Å². The summed E-state index contributed by atoms with van der Waals surface area (Å²) in [7, 11) is 1.62. The van der Waals surface area contributed by atoms with Crippen molar-refractivity contribution < 1.29 is 23.7 Å². The number of methoxy groups -OCH3 is 1. The van der Waals surface area contributed by atoms with E-state index in [0.717, 1.165) is 34.1 Å². The molecule has 1 N–H and O–H groups in total. The number of hydrogen-bond acceptors (Lipinski definition) is 6. The van der Waals surface area contributed by atoms with Gasteiger partial charge in [-0.05, 0) is 55.8 Å². The molecule has 1 aliphatic heterocycles. The summed E-state index contributed by atoms with van der Waals surface area (Å²) in [5, 5.41) is 7.35. The van der Waals surface area contributed by atoms with Crippen LogP contribution in [0.1, 0.15) is 13.8 Å². The Morgan fingerprint density at radius 3 is 2.53 bits per heavy atom. The highest BCUT2D eigenvalue weighted by Gasteiger charge is 2.30. The van der Waals surface area contributed by atoms with Gasteiger partial charge in [-0.2, -0.15) is 5.10 Å². The zero-order valence-electron chi connectivity index (χ0n) is 18.5. The minimum Gasteiger partial charge on any atom is -0.497 e. The number of amides is 1. The molecule has 8 heteroatoms. The second-order valence-corrected chi connectivity index (χ2v) is 7.87. The van der Waals surface area contributed by atoms with Crippen molar-refractivity contribution in [1.82, 2.24) is 15.1 Å². The van der Waals surface area contributed by atoms with Gasteiger partial charge in [0, 0.05) is 11.8 Å². The third kappa shape index (κ3) is 4.64. The van der Waals surface area contributed by atoms with Crippen LogP contribution in [0.5, 0.6) is 23.0 Å². The molecule has 8 nitrogen and oxygen atoms in total. The molecule has 0 saturated carbocycles. The average molecular weight is 437 g/mol. The largest absolute Gasteiger partial charge is 0.497 e. The molecule has 4 rings (SSSR count). The van der Waals surface area contributed by atoms with Crippen molar-refractivity contribution in [1.29, 1.82) is 0 Å². The lowest BCUT2D eigenvalue weighted by molar-refractivity contribution is -0.128. The Hall–Kier alpha value is -3.68. The number of rotatable bonds is 8. The summed E-state index contributed by atoms with van der Waals surface area (Å²) in [6, 6.07) is 13.1. The molecule has 1 aromatic heterocycles. The van der Waals surface area contributed by atoms with Gasteiger partial charge in [0.05, 0.1) is 19.9 Å². The number of fused-ring (bicyclic) bond motifs is 1. The van der Waals surface area contributed by atoms with Crippen LogP contribution in [0.25, 0.3) is 11.1 Å². The molecule has 2 aromatic carbocycles. The Bertz CT molecular complexity index is 1080. The van der Waals surface area contributed by atoms with E-state index in [1.54, 1.807) is 18.0 Å². The summed E-state index contributed by atoms with van der Waals surface area (Å²) in [5.41, 5.74) is 0.974. The van der Waals surface area contributed by atoms with E-state index in [4.69, 9.17) is 18.9 Å². The first kappa shape index (κ1) is 21.5. The number of nitrogens with zero attached hydrogens (tertiary/aromatic N) is 2. The first-order chi connectivity index (χ1) is 15.5. The van der Waals surface area contributed by atoms with Gasteiger partial charge in [-0.1, -0.05) is 6.07 Å². The second kappa shape index (κ2) is 9.21. The van der Waals surface area contributed by atoms with Gasteiger partial charge in [-0.15, -0.1) is 0 Å². The summed E-state index contributed by atoms with van der Waals surface area (Å²) in [5.74, 6) is 2.80. The number of ether oxygens (including phenoxy) is 4. The van der Waals surface area contributed by atoms with Crippen molar-refractivity contribution in [2.45, 2.75) is 19.4 Å². The van der Waals surface area contributed by atoms with Gasteiger partial charge < -0.3 is 24.3 Å². The average Bonchev–Trinajstić information content (AvgIpc) is 3.33. The fourth-order valence-electron chi connectivity index (χ4n) is 3.33. The topological polar surface area (TPSA) is 83.8 Å². The van der Waals surface area contributed by atoms with E-state index in [1.165, 1.54) is 0 Å². The lowest BCUT2D eigenvalue weighted by Gasteiger charge is -2.24. The number of nitrogens with one attached hydrogen (secondary N) is 1. The van der Waals surface area contributed by atoms with Crippen molar-refractivity contribution in [2.24, 2.45) is 0 Å². The molecule has 1 aliphatic rings. The predicted octanol–water partition coefficient (Wildman–Crippen LogP) is 3.26. The standard InChI is InChI=1S/C24H27N3O5/c1-24(2,23(28)25-10-11-30-20-7-5-19(29-3)6-8-20)27-16-18(15-26-27)17-4-9-21-22(14-17)32-13-12-31-21/h4-9,14-16H,10-13H2,1-3H3,(H,25,28). The van der Waals surface area contributed by atoms with Crippen LogP contribution in [0.2, 0.25) is 0 Å². The van der Waals surface area contributed by atoms with Crippen molar-refractivity contribution in [3.8, 4) is 34.1 Å². The maximum Gasteiger partial charge on any atom is 0.247 e. The lowest BCUT2D eigenvalue weighted by Crippen LogP contribution is -2.45. The van der Waals surface area contributed by atoms with Crippen LogP contribution in [-0.2, 0) is 10.3 Å². The van der Waals surface area contributed by atoms with E-state index in [9.17, 15) is 4.79 Å². The quantitative estimate of drug-likeness (QED) is 0.545. The van der Waals surface area contributed by atoms with Gasteiger partial charge in [-0.25, -0.2) is 0 Å². The summed E-state index contributed by atoms with van der Waals surface area (Å²) >= 11 is 0. The SMILES string of the molecule is COc1ccc(OCCNC(=O)C(C)(C)n2cc(-c3ccc4c(c3)OCCO4)cn2)cc1. The van der Waals surface area contributed by atoms with Crippen LogP contribution in [0.15, 0.2) is 54.9 Å². The van der Waals surface area contributed by atoms with Crippen LogP contribution in [-0.4, -0.2) is 49.2 Å². The minimum absolute atomic E-state index is 0.146. The molecule has 0 radical (unpaired) electrons. The summed E-state index contributed by atoms with van der Waals surface area (Å²) in [6.45, 7) is 5.48. The molecule has 2 heterocycles. The monoisotopic (exact) mass is 437 g/mol. The Kier molecular flexibility index (Phi) is 6.20. The molecule has 168 valence electrons. The molecule has 0 spiro atoms. The van der Waals surface area contributed by atoms with Crippen molar-refractivity contribution in [3.63, 3.8) is 0 Å². The molecule has 0 unspecified atom stereocenters. The van der Waals surface area contributed by atoms with E-state index in [1.807, 2.05) is 62.5 Å². The predicted molar refractivity (Wildman–Crippen MR) is 119 cm³/mol. The Balaban J connectivity index is 1.34. The van der Waals surface area contributed by atoms with E-state index < -0.39 is 5.54 Å². The fourth-order valence-corrected chi connectivity index (χ4v) is 3.33. The van der Waals surface area contributed by atoms with Crippen LogP contribution < -0.4 is 24.3 Å². The van der Waals surface area contributed by atoms with Crippen LogP contribution in [0.4, 0.5) is 0 Å². The summed E-state index contributed by atoms with van der Waals surface area (Å²) in [6.07, 6.45) is 3.60. The number of hydrogen-bond donors (Lipinski definition) is 1. The zero-order chi connectivity index (χ0) is 22.6. The van der Waals surface area contributed by atoms with Crippen LogP contribution >= 0.6 is 0 Å². The normalized spacial score (nSPS) is 12.8. The van der Waals surface area contributed by atoms with E-state index in [-0.39, 0.29) is 5.91 Å². The number of carbonyl (C=O) groups excluding carboxylic acids is 1. The van der Waals surface area contributed by atoms with Gasteiger partial charge in [0.25, 0.3) is 0 Å². The highest BCUT2D eigenvalue weighted by molar-refractivity contribution is 5.83. The maximum atomic E-state index is 12.8. The van der Waals surface area contributed by atoms with Gasteiger partial charge >= 0.3 is 0 Å². The smallest absolute Gasteiger partial charge is 0.247 e. The third-order valence-electron chi connectivity index (χ3n) is 5.30. The molecule has 0 fully saturated rings. The second-order valence-electron chi connectivity index (χ2n) is 7.87. The molecule has 0 saturated heterocycles. The highest BCUT2D eigenvalue weighted by atomic mass is 16.6. The number of aromatic nitrogens is 2. The fraction of sp³-hybridized carbons (Fsp3) is 0.333. The first-order valence-electron chi connectivity index (χ1n) is 10.5.